The van der Waals surface area contributed by atoms with Gasteiger partial charge >= 0.3 is 0 Å². The SMILES string of the molecule is NCC1(C(O)c2cscn2)CCc2ccccc2C1. The van der Waals surface area contributed by atoms with Crippen molar-refractivity contribution >= 4 is 11.3 Å². The summed E-state index contributed by atoms with van der Waals surface area (Å²) in [5, 5.41) is 12.6. The maximum atomic E-state index is 10.7. The van der Waals surface area contributed by atoms with Gasteiger partial charge in [0.1, 0.15) is 6.10 Å². The monoisotopic (exact) mass is 274 g/mol. The molecule has 1 aliphatic carbocycles. The molecule has 0 saturated heterocycles. The third-order valence-corrected chi connectivity index (χ3v) is 4.88. The van der Waals surface area contributed by atoms with Crippen LogP contribution in [0.3, 0.4) is 0 Å². The summed E-state index contributed by atoms with van der Waals surface area (Å²) in [4.78, 5) is 4.25. The van der Waals surface area contributed by atoms with Gasteiger partial charge in [-0.05, 0) is 30.4 Å². The van der Waals surface area contributed by atoms with Gasteiger partial charge in [-0.25, -0.2) is 4.98 Å². The van der Waals surface area contributed by atoms with Crippen molar-refractivity contribution in [3.63, 3.8) is 0 Å². The summed E-state index contributed by atoms with van der Waals surface area (Å²) in [5.74, 6) is 0. The molecule has 1 aromatic heterocycles. The number of hydrogen-bond donors (Lipinski definition) is 2. The molecule has 0 saturated carbocycles. The van der Waals surface area contributed by atoms with E-state index < -0.39 is 6.10 Å². The number of aryl methyl sites for hydroxylation is 1. The lowest BCUT2D eigenvalue weighted by molar-refractivity contribution is 0.0151. The molecular weight excluding hydrogens is 256 g/mol. The molecule has 1 aliphatic rings. The maximum absolute atomic E-state index is 10.7. The van der Waals surface area contributed by atoms with Crippen molar-refractivity contribution in [2.24, 2.45) is 11.1 Å². The van der Waals surface area contributed by atoms with Crippen molar-refractivity contribution in [1.29, 1.82) is 0 Å². The zero-order valence-corrected chi connectivity index (χ0v) is 11.6. The summed E-state index contributed by atoms with van der Waals surface area (Å²) in [7, 11) is 0. The summed E-state index contributed by atoms with van der Waals surface area (Å²) < 4.78 is 0. The molecule has 2 unspecified atom stereocenters. The molecule has 0 radical (unpaired) electrons. The third-order valence-electron chi connectivity index (χ3n) is 4.27. The Bertz CT molecular complexity index is 555. The Morgan fingerprint density at radius 2 is 2.16 bits per heavy atom. The Hall–Kier alpha value is -1.23. The summed E-state index contributed by atoms with van der Waals surface area (Å²) in [6.07, 6.45) is 2.16. The summed E-state index contributed by atoms with van der Waals surface area (Å²) in [5.41, 5.74) is 11.0. The summed E-state index contributed by atoms with van der Waals surface area (Å²) >= 11 is 1.51. The number of hydrogen-bond acceptors (Lipinski definition) is 4. The van der Waals surface area contributed by atoms with E-state index in [-0.39, 0.29) is 5.41 Å². The number of aliphatic hydroxyl groups excluding tert-OH is 1. The highest BCUT2D eigenvalue weighted by Gasteiger charge is 2.41. The van der Waals surface area contributed by atoms with E-state index in [0.29, 0.717) is 6.54 Å². The average molecular weight is 274 g/mol. The third kappa shape index (κ3) is 2.20. The van der Waals surface area contributed by atoms with Crippen LogP contribution in [-0.2, 0) is 12.8 Å². The fraction of sp³-hybridized carbons (Fsp3) is 0.400. The van der Waals surface area contributed by atoms with E-state index in [0.717, 1.165) is 25.0 Å². The Kier molecular flexibility index (Phi) is 3.39. The molecule has 100 valence electrons. The second-order valence-corrected chi connectivity index (χ2v) is 6.05. The minimum Gasteiger partial charge on any atom is -0.386 e. The second-order valence-electron chi connectivity index (χ2n) is 5.33. The topological polar surface area (TPSA) is 59.1 Å². The Morgan fingerprint density at radius 1 is 1.37 bits per heavy atom. The molecule has 3 N–H and O–H groups in total. The van der Waals surface area contributed by atoms with Gasteiger partial charge in [-0.1, -0.05) is 24.3 Å². The predicted molar refractivity (Wildman–Crippen MR) is 77.0 cm³/mol. The maximum Gasteiger partial charge on any atom is 0.104 e. The molecule has 1 aromatic carbocycles. The fourth-order valence-corrected chi connectivity index (χ4v) is 3.59. The number of nitrogens with two attached hydrogens (primary N) is 1. The smallest absolute Gasteiger partial charge is 0.104 e. The number of benzene rings is 1. The summed E-state index contributed by atoms with van der Waals surface area (Å²) in [6, 6.07) is 8.45. The van der Waals surface area contributed by atoms with Gasteiger partial charge in [0.05, 0.1) is 11.2 Å². The highest BCUT2D eigenvalue weighted by molar-refractivity contribution is 7.07. The number of fused-ring (bicyclic) bond motifs is 1. The van der Waals surface area contributed by atoms with Crippen molar-refractivity contribution in [3.8, 4) is 0 Å². The first-order chi connectivity index (χ1) is 9.25. The molecule has 0 aliphatic heterocycles. The minimum absolute atomic E-state index is 0.275. The zero-order valence-electron chi connectivity index (χ0n) is 10.7. The Balaban J connectivity index is 1.94. The standard InChI is InChI=1S/C15H18N2OS/c16-9-15(14(18)13-8-19-10-17-13)6-5-11-3-1-2-4-12(11)7-15/h1-4,8,10,14,18H,5-7,9,16H2. The van der Waals surface area contributed by atoms with Crippen LogP contribution in [0.5, 0.6) is 0 Å². The van der Waals surface area contributed by atoms with E-state index in [1.54, 1.807) is 5.51 Å². The first kappa shape index (κ1) is 12.8. The fourth-order valence-electron chi connectivity index (χ4n) is 3.02. The zero-order chi connectivity index (χ0) is 13.3. The Labute approximate surface area is 117 Å². The largest absolute Gasteiger partial charge is 0.386 e. The van der Waals surface area contributed by atoms with Crippen molar-refractivity contribution in [2.75, 3.05) is 6.54 Å². The van der Waals surface area contributed by atoms with Gasteiger partial charge in [0, 0.05) is 17.3 Å². The number of rotatable bonds is 3. The minimum atomic E-state index is -0.572. The highest BCUT2D eigenvalue weighted by Crippen LogP contribution is 2.43. The van der Waals surface area contributed by atoms with Gasteiger partial charge in [-0.2, -0.15) is 0 Å². The lowest BCUT2D eigenvalue weighted by Crippen LogP contribution is -2.41. The molecule has 19 heavy (non-hydrogen) atoms. The van der Waals surface area contributed by atoms with Gasteiger partial charge in [0.15, 0.2) is 0 Å². The van der Waals surface area contributed by atoms with Crippen LogP contribution in [0.4, 0.5) is 0 Å². The van der Waals surface area contributed by atoms with Crippen LogP contribution in [0.25, 0.3) is 0 Å². The lowest BCUT2D eigenvalue weighted by Gasteiger charge is -2.40. The first-order valence-corrected chi connectivity index (χ1v) is 7.52. The predicted octanol–water partition coefficient (Wildman–Crippen LogP) is 2.31. The van der Waals surface area contributed by atoms with Crippen LogP contribution < -0.4 is 5.73 Å². The van der Waals surface area contributed by atoms with Crippen molar-refractivity contribution in [3.05, 3.63) is 52.0 Å². The molecule has 3 nitrogen and oxygen atoms in total. The molecule has 0 fully saturated rings. The van der Waals surface area contributed by atoms with Crippen molar-refractivity contribution in [2.45, 2.75) is 25.4 Å². The van der Waals surface area contributed by atoms with Gasteiger partial charge in [0.25, 0.3) is 0 Å². The Morgan fingerprint density at radius 3 is 2.84 bits per heavy atom. The molecule has 3 rings (SSSR count). The molecule has 0 spiro atoms. The summed E-state index contributed by atoms with van der Waals surface area (Å²) in [6.45, 7) is 0.486. The van der Waals surface area contributed by atoms with Crippen LogP contribution in [-0.4, -0.2) is 16.6 Å². The van der Waals surface area contributed by atoms with Crippen LogP contribution >= 0.6 is 11.3 Å². The van der Waals surface area contributed by atoms with Crippen molar-refractivity contribution < 1.29 is 5.11 Å². The number of thiazole rings is 1. The normalized spacial score (nSPS) is 23.9. The van der Waals surface area contributed by atoms with Gasteiger partial charge < -0.3 is 10.8 Å². The van der Waals surface area contributed by atoms with Gasteiger partial charge in [0.2, 0.25) is 0 Å². The average Bonchev–Trinajstić information content (AvgIpc) is 3.00. The second kappa shape index (κ2) is 5.04. The molecule has 0 bridgehead atoms. The van der Waals surface area contributed by atoms with E-state index in [1.165, 1.54) is 22.5 Å². The lowest BCUT2D eigenvalue weighted by atomic mass is 9.67. The van der Waals surface area contributed by atoms with E-state index in [1.807, 2.05) is 5.38 Å². The van der Waals surface area contributed by atoms with E-state index >= 15 is 0 Å². The number of nitrogens with zero attached hydrogens (tertiary/aromatic N) is 1. The van der Waals surface area contributed by atoms with Crippen LogP contribution in [0.2, 0.25) is 0 Å². The molecule has 1 heterocycles. The van der Waals surface area contributed by atoms with Gasteiger partial charge in [-0.15, -0.1) is 11.3 Å². The molecular formula is C15H18N2OS. The van der Waals surface area contributed by atoms with E-state index in [2.05, 4.69) is 29.2 Å². The molecule has 2 atom stereocenters. The van der Waals surface area contributed by atoms with E-state index in [9.17, 15) is 5.11 Å². The number of aromatic nitrogens is 1. The van der Waals surface area contributed by atoms with E-state index in [4.69, 9.17) is 5.73 Å². The van der Waals surface area contributed by atoms with Crippen molar-refractivity contribution in [1.82, 2.24) is 4.98 Å². The highest BCUT2D eigenvalue weighted by atomic mass is 32.1. The first-order valence-electron chi connectivity index (χ1n) is 6.58. The van der Waals surface area contributed by atoms with Gasteiger partial charge in [-0.3, -0.25) is 0 Å². The molecule has 2 aromatic rings. The quantitative estimate of drug-likeness (QED) is 0.903. The van der Waals surface area contributed by atoms with Crippen LogP contribution in [0.15, 0.2) is 35.2 Å². The number of aliphatic hydroxyl groups is 1. The molecule has 0 amide bonds. The van der Waals surface area contributed by atoms with Crippen LogP contribution in [0, 0.1) is 5.41 Å². The van der Waals surface area contributed by atoms with Crippen LogP contribution in [0.1, 0.15) is 29.3 Å². The molecule has 4 heteroatoms.